The van der Waals surface area contributed by atoms with Crippen molar-refractivity contribution < 1.29 is 19.4 Å². The number of hydrogen-bond acceptors (Lipinski definition) is 6. The van der Waals surface area contributed by atoms with Crippen LogP contribution < -0.4 is 25.4 Å². The summed E-state index contributed by atoms with van der Waals surface area (Å²) < 4.78 is 11.8. The van der Waals surface area contributed by atoms with E-state index in [0.29, 0.717) is 25.4 Å². The predicted octanol–water partition coefficient (Wildman–Crippen LogP) is 3.93. The van der Waals surface area contributed by atoms with Crippen molar-refractivity contribution in [3.8, 4) is 11.5 Å². The maximum absolute atomic E-state index is 13.4. The fraction of sp³-hybridized carbons (Fsp3) is 0.367. The topological polar surface area (TPSA) is 91.9 Å². The monoisotopic (exact) mass is 501 g/mol. The van der Waals surface area contributed by atoms with Gasteiger partial charge in [-0.1, -0.05) is 61.5 Å². The van der Waals surface area contributed by atoms with Crippen LogP contribution in [0.2, 0.25) is 0 Å². The van der Waals surface area contributed by atoms with E-state index in [2.05, 4.69) is 35.0 Å². The van der Waals surface area contributed by atoms with Gasteiger partial charge in [0.25, 0.3) is 5.91 Å². The van der Waals surface area contributed by atoms with Crippen LogP contribution in [0, 0.1) is 0 Å². The molecule has 0 aliphatic carbocycles. The van der Waals surface area contributed by atoms with Crippen molar-refractivity contribution in [3.63, 3.8) is 0 Å². The minimum absolute atomic E-state index is 0.0583. The van der Waals surface area contributed by atoms with Crippen molar-refractivity contribution in [1.82, 2.24) is 10.6 Å². The Labute approximate surface area is 218 Å². The van der Waals surface area contributed by atoms with Crippen LogP contribution in [0.15, 0.2) is 72.8 Å². The SMILES string of the molecule is CCc1ccc2c(c1)[C@@H](NC[C@@H](O)[C@@](C)(NC(=O)C1CNc3ccccc3O1)c1ccccc1)CCO2. The first-order chi connectivity index (χ1) is 18.0. The molecule has 194 valence electrons. The second kappa shape index (κ2) is 10.8. The van der Waals surface area contributed by atoms with Gasteiger partial charge in [0.15, 0.2) is 6.10 Å². The summed E-state index contributed by atoms with van der Waals surface area (Å²) in [7, 11) is 0. The van der Waals surface area contributed by atoms with Gasteiger partial charge in [-0.3, -0.25) is 4.79 Å². The van der Waals surface area contributed by atoms with Gasteiger partial charge in [0.2, 0.25) is 0 Å². The largest absolute Gasteiger partial charge is 0.493 e. The summed E-state index contributed by atoms with van der Waals surface area (Å²) in [6.45, 7) is 5.26. The van der Waals surface area contributed by atoms with E-state index in [9.17, 15) is 9.90 Å². The standard InChI is InChI=1S/C30H35N3O4/c1-3-20-13-14-25-22(17-20)23(15-16-36-25)32-19-28(34)30(2,21-9-5-4-6-10-21)33-29(35)27-18-31-24-11-7-8-12-26(24)37-27/h4-14,17,23,27-28,31-32,34H,3,15-16,18-19H2,1-2H3,(H,33,35)/t23-,27?,28+,30-/m0/s1. The number of hydrogen-bond donors (Lipinski definition) is 4. The van der Waals surface area contributed by atoms with E-state index in [1.54, 1.807) is 0 Å². The molecule has 1 unspecified atom stereocenters. The fourth-order valence-corrected chi connectivity index (χ4v) is 5.06. The van der Waals surface area contributed by atoms with Crippen LogP contribution in [0.5, 0.6) is 11.5 Å². The van der Waals surface area contributed by atoms with E-state index in [1.807, 2.05) is 67.6 Å². The van der Waals surface area contributed by atoms with Crippen molar-refractivity contribution in [2.24, 2.45) is 0 Å². The highest BCUT2D eigenvalue weighted by Crippen LogP contribution is 2.34. The highest BCUT2D eigenvalue weighted by molar-refractivity contribution is 5.84. The van der Waals surface area contributed by atoms with Gasteiger partial charge in [-0.25, -0.2) is 0 Å². The normalized spacial score (nSPS) is 20.6. The number of fused-ring (bicyclic) bond motifs is 2. The maximum Gasteiger partial charge on any atom is 0.263 e. The molecule has 2 heterocycles. The molecule has 0 bridgehead atoms. The van der Waals surface area contributed by atoms with E-state index in [0.717, 1.165) is 35.4 Å². The summed E-state index contributed by atoms with van der Waals surface area (Å²) in [5.74, 6) is 1.25. The van der Waals surface area contributed by atoms with Gasteiger partial charge in [0, 0.05) is 24.6 Å². The Kier molecular flexibility index (Phi) is 7.35. The summed E-state index contributed by atoms with van der Waals surface area (Å²) in [5, 5.41) is 21.5. The highest BCUT2D eigenvalue weighted by atomic mass is 16.5. The lowest BCUT2D eigenvalue weighted by Crippen LogP contribution is -2.59. The molecule has 3 aromatic carbocycles. The van der Waals surface area contributed by atoms with Crippen molar-refractivity contribution in [2.45, 2.75) is 50.5 Å². The Hall–Kier alpha value is -3.55. The average Bonchev–Trinajstić information content (AvgIpc) is 2.95. The number of anilines is 1. The molecule has 2 aliphatic heterocycles. The average molecular weight is 502 g/mol. The van der Waals surface area contributed by atoms with E-state index in [-0.39, 0.29) is 11.9 Å². The van der Waals surface area contributed by atoms with Crippen LogP contribution in [-0.2, 0) is 16.8 Å². The van der Waals surface area contributed by atoms with E-state index < -0.39 is 17.7 Å². The molecule has 0 fully saturated rings. The van der Waals surface area contributed by atoms with Gasteiger partial charge in [-0.2, -0.15) is 0 Å². The lowest BCUT2D eigenvalue weighted by Gasteiger charge is -2.39. The number of carbonyl (C=O) groups excluding carboxylic acids is 1. The number of amides is 1. The first kappa shape index (κ1) is 25.1. The quantitative estimate of drug-likeness (QED) is 0.374. The molecule has 3 aromatic rings. The van der Waals surface area contributed by atoms with Crippen LogP contribution >= 0.6 is 0 Å². The molecule has 0 spiro atoms. The summed E-state index contributed by atoms with van der Waals surface area (Å²) in [5.41, 5.74) is 3.02. The van der Waals surface area contributed by atoms with Gasteiger partial charge in [-0.15, -0.1) is 0 Å². The Morgan fingerprint density at radius 1 is 1.11 bits per heavy atom. The van der Waals surface area contributed by atoms with Gasteiger partial charge < -0.3 is 30.5 Å². The molecule has 7 heteroatoms. The lowest BCUT2D eigenvalue weighted by molar-refractivity contribution is -0.131. The highest BCUT2D eigenvalue weighted by Gasteiger charge is 2.39. The number of rotatable bonds is 8. The molecule has 0 saturated carbocycles. The number of aliphatic hydroxyl groups is 1. The minimum atomic E-state index is -1.04. The molecule has 7 nitrogen and oxygen atoms in total. The fourth-order valence-electron chi connectivity index (χ4n) is 5.06. The third-order valence-corrected chi connectivity index (χ3v) is 7.43. The van der Waals surface area contributed by atoms with E-state index >= 15 is 0 Å². The molecule has 0 radical (unpaired) electrons. The Morgan fingerprint density at radius 3 is 2.70 bits per heavy atom. The Balaban J connectivity index is 1.33. The Morgan fingerprint density at radius 2 is 1.89 bits per heavy atom. The van der Waals surface area contributed by atoms with Crippen LogP contribution in [-0.4, -0.2) is 42.9 Å². The smallest absolute Gasteiger partial charge is 0.263 e. The van der Waals surface area contributed by atoms with Gasteiger partial charge in [0.1, 0.15) is 11.5 Å². The second-order valence-electron chi connectivity index (χ2n) is 9.88. The van der Waals surface area contributed by atoms with Gasteiger partial charge in [0.05, 0.1) is 30.5 Å². The van der Waals surface area contributed by atoms with Crippen LogP contribution in [0.25, 0.3) is 0 Å². The molecule has 4 N–H and O–H groups in total. The lowest BCUT2D eigenvalue weighted by atomic mass is 9.85. The number of ether oxygens (including phenoxy) is 2. The van der Waals surface area contributed by atoms with Gasteiger partial charge in [-0.05, 0) is 42.7 Å². The number of benzene rings is 3. The molecule has 4 atom stereocenters. The van der Waals surface area contributed by atoms with Crippen molar-refractivity contribution >= 4 is 11.6 Å². The zero-order chi connectivity index (χ0) is 25.8. The molecule has 2 aliphatic rings. The summed E-state index contributed by atoms with van der Waals surface area (Å²) >= 11 is 0. The zero-order valence-corrected chi connectivity index (χ0v) is 21.4. The molecule has 5 rings (SSSR count). The predicted molar refractivity (Wildman–Crippen MR) is 144 cm³/mol. The Bertz CT molecular complexity index is 1230. The first-order valence-corrected chi connectivity index (χ1v) is 13.0. The van der Waals surface area contributed by atoms with E-state index in [1.165, 1.54) is 5.56 Å². The van der Waals surface area contributed by atoms with Crippen molar-refractivity contribution in [3.05, 3.63) is 89.5 Å². The maximum atomic E-state index is 13.4. The first-order valence-electron chi connectivity index (χ1n) is 13.0. The number of para-hydroxylation sites is 2. The third kappa shape index (κ3) is 5.29. The number of aliphatic hydroxyl groups excluding tert-OH is 1. The number of carbonyl (C=O) groups is 1. The molecule has 1 amide bonds. The second-order valence-corrected chi connectivity index (χ2v) is 9.88. The van der Waals surface area contributed by atoms with Crippen molar-refractivity contribution in [2.75, 3.05) is 25.0 Å². The van der Waals surface area contributed by atoms with Gasteiger partial charge >= 0.3 is 0 Å². The minimum Gasteiger partial charge on any atom is -0.493 e. The van der Waals surface area contributed by atoms with Crippen LogP contribution in [0.3, 0.4) is 0 Å². The molecule has 0 saturated heterocycles. The summed E-state index contributed by atoms with van der Waals surface area (Å²) in [6.07, 6.45) is 0.141. The van der Waals surface area contributed by atoms with E-state index in [4.69, 9.17) is 9.47 Å². The van der Waals surface area contributed by atoms with Crippen LogP contribution in [0.4, 0.5) is 5.69 Å². The van der Waals surface area contributed by atoms with Crippen LogP contribution in [0.1, 0.15) is 43.0 Å². The van der Waals surface area contributed by atoms with Crippen molar-refractivity contribution in [1.29, 1.82) is 0 Å². The summed E-state index contributed by atoms with van der Waals surface area (Å²) in [4.78, 5) is 13.4. The molecular weight excluding hydrogens is 466 g/mol. The molecular formula is C30H35N3O4. The number of aryl methyl sites for hydroxylation is 1. The third-order valence-electron chi connectivity index (χ3n) is 7.43. The zero-order valence-electron chi connectivity index (χ0n) is 21.4. The molecule has 0 aromatic heterocycles. The summed E-state index contributed by atoms with van der Waals surface area (Å²) in [6, 6.07) is 23.5. The number of nitrogens with one attached hydrogen (secondary N) is 3. The molecule has 37 heavy (non-hydrogen) atoms.